The van der Waals surface area contributed by atoms with Crippen molar-refractivity contribution in [2.24, 2.45) is 0 Å². The molecule has 7 nitrogen and oxygen atoms in total. The molecule has 1 heterocycles. The van der Waals surface area contributed by atoms with Gasteiger partial charge in [0.05, 0.1) is 6.61 Å². The molecular formula is C23H21F2NO6. The van der Waals surface area contributed by atoms with Gasteiger partial charge in [-0.05, 0) is 62.4 Å². The van der Waals surface area contributed by atoms with E-state index in [-0.39, 0.29) is 36.3 Å². The lowest BCUT2D eigenvalue weighted by atomic mass is 10.1. The third-order valence-corrected chi connectivity index (χ3v) is 4.24. The van der Waals surface area contributed by atoms with E-state index in [4.69, 9.17) is 13.9 Å². The SMILES string of the molecule is CCOc1cc(NC(=O)c2ccc(COc3ccc(C(C)=O)cc3)o2)ccc1OC(F)F. The lowest BCUT2D eigenvalue weighted by Crippen LogP contribution is -2.11. The van der Waals surface area contributed by atoms with Gasteiger partial charge in [-0.3, -0.25) is 9.59 Å². The number of carbonyl (C=O) groups is 2. The molecule has 3 rings (SSSR count). The first-order valence-corrected chi connectivity index (χ1v) is 9.71. The van der Waals surface area contributed by atoms with E-state index in [0.717, 1.165) is 0 Å². The van der Waals surface area contributed by atoms with Gasteiger partial charge in [0.15, 0.2) is 23.0 Å². The molecule has 0 fully saturated rings. The first-order chi connectivity index (χ1) is 15.4. The second kappa shape index (κ2) is 10.4. The summed E-state index contributed by atoms with van der Waals surface area (Å²) in [6.45, 7) is 0.498. The number of ketones is 1. The molecule has 0 saturated heterocycles. The van der Waals surface area contributed by atoms with Crippen molar-refractivity contribution in [2.45, 2.75) is 27.1 Å². The standard InChI is InChI=1S/C23H21F2NO6/c1-3-29-21-12-16(6-10-19(21)32-23(24)25)26-22(28)20-11-9-18(31-20)13-30-17-7-4-15(5-8-17)14(2)27/h4-12,23H,3,13H2,1-2H3,(H,26,28). The number of rotatable bonds is 10. The number of nitrogens with one attached hydrogen (secondary N) is 1. The van der Waals surface area contributed by atoms with Crippen LogP contribution in [0.3, 0.4) is 0 Å². The summed E-state index contributed by atoms with van der Waals surface area (Å²) in [5.74, 6) is 0.383. The number of carbonyl (C=O) groups excluding carboxylic acids is 2. The largest absolute Gasteiger partial charge is 0.490 e. The molecule has 1 N–H and O–H groups in total. The van der Waals surface area contributed by atoms with Gasteiger partial charge in [0.25, 0.3) is 5.91 Å². The number of hydrogen-bond donors (Lipinski definition) is 1. The van der Waals surface area contributed by atoms with E-state index in [2.05, 4.69) is 10.1 Å². The zero-order valence-corrected chi connectivity index (χ0v) is 17.4. The van der Waals surface area contributed by atoms with Gasteiger partial charge in [0, 0.05) is 17.3 Å². The Morgan fingerprint density at radius 2 is 1.75 bits per heavy atom. The van der Waals surface area contributed by atoms with Crippen molar-refractivity contribution in [3.8, 4) is 17.2 Å². The molecule has 168 valence electrons. The monoisotopic (exact) mass is 445 g/mol. The lowest BCUT2D eigenvalue weighted by molar-refractivity contribution is -0.0514. The minimum absolute atomic E-state index is 0.0391. The van der Waals surface area contributed by atoms with Crippen LogP contribution in [0.1, 0.15) is 40.5 Å². The molecule has 0 saturated carbocycles. The molecule has 3 aromatic rings. The number of hydrogen-bond acceptors (Lipinski definition) is 6. The van der Waals surface area contributed by atoms with E-state index in [0.29, 0.717) is 22.8 Å². The number of benzene rings is 2. The number of halogens is 2. The number of ether oxygens (including phenoxy) is 3. The zero-order chi connectivity index (χ0) is 23.1. The highest BCUT2D eigenvalue weighted by atomic mass is 19.3. The van der Waals surface area contributed by atoms with Crippen molar-refractivity contribution in [1.82, 2.24) is 0 Å². The van der Waals surface area contributed by atoms with Gasteiger partial charge in [-0.2, -0.15) is 8.78 Å². The van der Waals surface area contributed by atoms with Gasteiger partial charge in [0.2, 0.25) is 0 Å². The number of furan rings is 1. The summed E-state index contributed by atoms with van der Waals surface area (Å²) in [5, 5.41) is 2.61. The van der Waals surface area contributed by atoms with E-state index in [9.17, 15) is 18.4 Å². The molecule has 0 aliphatic carbocycles. The highest BCUT2D eigenvalue weighted by molar-refractivity contribution is 6.02. The van der Waals surface area contributed by atoms with Gasteiger partial charge in [0.1, 0.15) is 18.1 Å². The topological polar surface area (TPSA) is 87.0 Å². The normalized spacial score (nSPS) is 10.7. The number of anilines is 1. The average molecular weight is 445 g/mol. The summed E-state index contributed by atoms with van der Waals surface area (Å²) >= 11 is 0. The van der Waals surface area contributed by atoms with Gasteiger partial charge < -0.3 is 23.9 Å². The van der Waals surface area contributed by atoms with Crippen LogP contribution in [0, 0.1) is 0 Å². The summed E-state index contributed by atoms with van der Waals surface area (Å²) in [7, 11) is 0. The Bertz CT molecular complexity index is 1080. The van der Waals surface area contributed by atoms with Crippen molar-refractivity contribution < 1.29 is 37.0 Å². The van der Waals surface area contributed by atoms with E-state index in [1.165, 1.54) is 31.2 Å². The fourth-order valence-electron chi connectivity index (χ4n) is 2.76. The minimum Gasteiger partial charge on any atom is -0.490 e. The third-order valence-electron chi connectivity index (χ3n) is 4.24. The molecule has 9 heteroatoms. The van der Waals surface area contributed by atoms with Crippen molar-refractivity contribution in [3.63, 3.8) is 0 Å². The van der Waals surface area contributed by atoms with Gasteiger partial charge in [-0.1, -0.05) is 0 Å². The van der Waals surface area contributed by atoms with Crippen LogP contribution in [0.4, 0.5) is 14.5 Å². The Morgan fingerprint density at radius 3 is 2.41 bits per heavy atom. The second-order valence-electron chi connectivity index (χ2n) is 6.56. The van der Waals surface area contributed by atoms with Gasteiger partial charge >= 0.3 is 6.61 Å². The second-order valence-corrected chi connectivity index (χ2v) is 6.56. The summed E-state index contributed by atoms with van der Waals surface area (Å²) in [5.41, 5.74) is 0.899. The summed E-state index contributed by atoms with van der Waals surface area (Å²) < 4.78 is 45.8. The first kappa shape index (κ1) is 22.8. The molecular weight excluding hydrogens is 424 g/mol. The maximum Gasteiger partial charge on any atom is 0.387 e. The van der Waals surface area contributed by atoms with Crippen LogP contribution in [-0.2, 0) is 6.61 Å². The fraction of sp³-hybridized carbons (Fsp3) is 0.217. The number of amides is 1. The predicted octanol–water partition coefficient (Wildman–Crippen LogP) is 5.31. The molecule has 0 atom stereocenters. The maximum absolute atomic E-state index is 12.5. The van der Waals surface area contributed by atoms with Crippen LogP contribution in [0.25, 0.3) is 0 Å². The van der Waals surface area contributed by atoms with Crippen molar-refractivity contribution in [2.75, 3.05) is 11.9 Å². The smallest absolute Gasteiger partial charge is 0.387 e. The lowest BCUT2D eigenvalue weighted by Gasteiger charge is -2.13. The summed E-state index contributed by atoms with van der Waals surface area (Å²) in [4.78, 5) is 23.8. The van der Waals surface area contributed by atoms with Crippen molar-refractivity contribution in [3.05, 3.63) is 71.7 Å². The summed E-state index contributed by atoms with van der Waals surface area (Å²) in [6, 6.07) is 13.8. The van der Waals surface area contributed by atoms with Gasteiger partial charge in [-0.25, -0.2) is 0 Å². The van der Waals surface area contributed by atoms with Crippen LogP contribution in [0.15, 0.2) is 59.0 Å². The van der Waals surface area contributed by atoms with Crippen LogP contribution in [0.2, 0.25) is 0 Å². The Labute approximate surface area is 182 Å². The predicted molar refractivity (Wildman–Crippen MR) is 112 cm³/mol. The third kappa shape index (κ3) is 6.07. The average Bonchev–Trinajstić information content (AvgIpc) is 3.23. The van der Waals surface area contributed by atoms with Crippen LogP contribution < -0.4 is 19.5 Å². The van der Waals surface area contributed by atoms with E-state index in [1.54, 1.807) is 37.3 Å². The molecule has 32 heavy (non-hydrogen) atoms. The molecule has 1 aromatic heterocycles. The Morgan fingerprint density at radius 1 is 1.00 bits per heavy atom. The van der Waals surface area contributed by atoms with Gasteiger partial charge in [-0.15, -0.1) is 0 Å². The van der Waals surface area contributed by atoms with Crippen molar-refractivity contribution >= 4 is 17.4 Å². The zero-order valence-electron chi connectivity index (χ0n) is 17.4. The Kier molecular flexibility index (Phi) is 7.43. The van der Waals surface area contributed by atoms with Crippen LogP contribution in [-0.4, -0.2) is 24.9 Å². The number of Topliss-reactive ketones (excluding diaryl/α,β-unsaturated/α-hetero) is 1. The minimum atomic E-state index is -2.99. The quantitative estimate of drug-likeness (QED) is 0.426. The first-order valence-electron chi connectivity index (χ1n) is 9.71. The highest BCUT2D eigenvalue weighted by Crippen LogP contribution is 2.32. The molecule has 0 spiro atoms. The fourth-order valence-corrected chi connectivity index (χ4v) is 2.76. The molecule has 2 aromatic carbocycles. The maximum atomic E-state index is 12.5. The van der Waals surface area contributed by atoms with E-state index >= 15 is 0 Å². The van der Waals surface area contributed by atoms with Crippen LogP contribution >= 0.6 is 0 Å². The van der Waals surface area contributed by atoms with Crippen molar-refractivity contribution in [1.29, 1.82) is 0 Å². The molecule has 0 aliphatic rings. The summed E-state index contributed by atoms with van der Waals surface area (Å²) in [6.07, 6.45) is 0. The molecule has 0 radical (unpaired) electrons. The number of alkyl halides is 2. The van der Waals surface area contributed by atoms with Crippen LogP contribution in [0.5, 0.6) is 17.2 Å². The molecule has 0 aliphatic heterocycles. The molecule has 0 unspecified atom stereocenters. The van der Waals surface area contributed by atoms with E-state index in [1.807, 2.05) is 0 Å². The Balaban J connectivity index is 1.61. The molecule has 1 amide bonds. The highest BCUT2D eigenvalue weighted by Gasteiger charge is 2.15. The van der Waals surface area contributed by atoms with E-state index < -0.39 is 12.5 Å². The Hall–Kier alpha value is -3.88. The molecule has 0 bridgehead atoms.